The standard InChI is InChI=1S/C20H35NO8/c1-12(2)13-10-28-20(23)21(13)16(22)9-7-8-14-17(25-4)19(27-6)18(26-5)15(29-14)11-24-3/h12-15,17-19H,7-11H2,1-6H3/t13-,14-,15-,17+,18+,19-/m1/s1. The van der Waals surface area contributed by atoms with Gasteiger partial charge in [0.1, 0.15) is 31.0 Å². The molecule has 168 valence electrons. The van der Waals surface area contributed by atoms with Crippen LogP contribution in [0.3, 0.4) is 0 Å². The molecule has 0 spiro atoms. The normalized spacial score (nSPS) is 32.7. The molecular weight excluding hydrogens is 382 g/mol. The molecule has 2 rings (SSSR count). The van der Waals surface area contributed by atoms with Crippen molar-refractivity contribution in [3.8, 4) is 0 Å². The molecule has 0 aliphatic carbocycles. The lowest BCUT2D eigenvalue weighted by molar-refractivity contribution is -0.250. The van der Waals surface area contributed by atoms with Gasteiger partial charge in [-0.05, 0) is 18.8 Å². The fraction of sp³-hybridized carbons (Fsp3) is 0.900. The molecule has 2 heterocycles. The van der Waals surface area contributed by atoms with Crippen LogP contribution in [0.2, 0.25) is 0 Å². The number of methoxy groups -OCH3 is 4. The quantitative estimate of drug-likeness (QED) is 0.529. The van der Waals surface area contributed by atoms with E-state index < -0.39 is 6.09 Å². The maximum Gasteiger partial charge on any atom is 0.416 e. The number of cyclic esters (lactones) is 1. The third-order valence-corrected chi connectivity index (χ3v) is 5.70. The molecule has 2 saturated heterocycles. The molecule has 0 saturated carbocycles. The van der Waals surface area contributed by atoms with E-state index in [1.165, 1.54) is 4.90 Å². The van der Waals surface area contributed by atoms with Crippen LogP contribution in [0.1, 0.15) is 33.1 Å². The number of imide groups is 1. The van der Waals surface area contributed by atoms with Gasteiger partial charge in [-0.3, -0.25) is 4.79 Å². The SMILES string of the molecule is COC[C@H]1O[C@H](CCCC(=O)N2C(=O)OC[C@@H]2C(C)C)[C@H](OC)[C@@H](OC)[C@H]1OC. The highest BCUT2D eigenvalue weighted by Gasteiger charge is 2.47. The fourth-order valence-electron chi connectivity index (χ4n) is 4.15. The van der Waals surface area contributed by atoms with Gasteiger partial charge in [0.05, 0.1) is 18.8 Å². The molecule has 9 nitrogen and oxygen atoms in total. The molecule has 0 unspecified atom stereocenters. The summed E-state index contributed by atoms with van der Waals surface area (Å²) < 4.78 is 33.4. The summed E-state index contributed by atoms with van der Waals surface area (Å²) in [6.07, 6.45) is -0.770. The van der Waals surface area contributed by atoms with Crippen LogP contribution in [0.4, 0.5) is 4.79 Å². The van der Waals surface area contributed by atoms with Gasteiger partial charge >= 0.3 is 6.09 Å². The maximum absolute atomic E-state index is 12.6. The highest BCUT2D eigenvalue weighted by atomic mass is 16.6. The molecule has 29 heavy (non-hydrogen) atoms. The number of ether oxygens (including phenoxy) is 6. The minimum absolute atomic E-state index is 0.146. The van der Waals surface area contributed by atoms with E-state index in [1.54, 1.807) is 28.4 Å². The van der Waals surface area contributed by atoms with E-state index in [2.05, 4.69) is 0 Å². The van der Waals surface area contributed by atoms with Crippen molar-refractivity contribution in [2.24, 2.45) is 5.92 Å². The Kier molecular flexibility index (Phi) is 9.29. The average Bonchev–Trinajstić information content (AvgIpc) is 3.09. The Morgan fingerprint density at radius 3 is 2.24 bits per heavy atom. The molecule has 0 N–H and O–H groups in total. The summed E-state index contributed by atoms with van der Waals surface area (Å²) in [5.74, 6) is -0.0735. The Hall–Kier alpha value is -1.26. The van der Waals surface area contributed by atoms with Crippen LogP contribution >= 0.6 is 0 Å². The summed E-state index contributed by atoms with van der Waals surface area (Å²) in [6, 6.07) is -0.209. The Labute approximate surface area is 172 Å². The summed E-state index contributed by atoms with van der Waals surface area (Å²) in [6.45, 7) is 4.56. The summed E-state index contributed by atoms with van der Waals surface area (Å²) in [7, 11) is 6.43. The lowest BCUT2D eigenvalue weighted by atomic mass is 9.91. The third kappa shape index (κ3) is 5.46. The lowest BCUT2D eigenvalue weighted by Crippen LogP contribution is -2.60. The van der Waals surface area contributed by atoms with E-state index in [-0.39, 0.29) is 61.4 Å². The highest BCUT2D eigenvalue weighted by Crippen LogP contribution is 2.30. The van der Waals surface area contributed by atoms with Crippen LogP contribution in [0.25, 0.3) is 0 Å². The third-order valence-electron chi connectivity index (χ3n) is 5.70. The molecule has 0 radical (unpaired) electrons. The summed E-state index contributed by atoms with van der Waals surface area (Å²) in [4.78, 5) is 25.8. The van der Waals surface area contributed by atoms with E-state index in [1.807, 2.05) is 13.8 Å². The second kappa shape index (κ2) is 11.2. The largest absolute Gasteiger partial charge is 0.447 e. The molecule has 2 amide bonds. The van der Waals surface area contributed by atoms with Gasteiger partial charge in [0.2, 0.25) is 5.91 Å². The van der Waals surface area contributed by atoms with Gasteiger partial charge in [-0.1, -0.05) is 13.8 Å². The monoisotopic (exact) mass is 417 g/mol. The predicted molar refractivity (Wildman–Crippen MR) is 104 cm³/mol. The molecule has 0 aromatic rings. The fourth-order valence-corrected chi connectivity index (χ4v) is 4.15. The van der Waals surface area contributed by atoms with Gasteiger partial charge < -0.3 is 28.4 Å². The number of amides is 2. The number of carbonyl (C=O) groups is 2. The van der Waals surface area contributed by atoms with Crippen molar-refractivity contribution in [1.29, 1.82) is 0 Å². The first-order valence-corrected chi connectivity index (χ1v) is 10.1. The molecule has 9 heteroatoms. The molecule has 2 fully saturated rings. The van der Waals surface area contributed by atoms with Gasteiger partial charge in [-0.15, -0.1) is 0 Å². The predicted octanol–water partition coefficient (Wildman–Crippen LogP) is 1.62. The molecule has 2 aliphatic rings. The number of nitrogens with zero attached hydrogens (tertiary/aromatic N) is 1. The van der Waals surface area contributed by atoms with Crippen LogP contribution in [-0.4, -0.2) is 95.1 Å². The molecule has 0 bridgehead atoms. The Bertz CT molecular complexity index is 543. The first-order chi connectivity index (χ1) is 13.9. The van der Waals surface area contributed by atoms with Crippen molar-refractivity contribution in [3.63, 3.8) is 0 Å². The van der Waals surface area contributed by atoms with Crippen LogP contribution < -0.4 is 0 Å². The first kappa shape index (κ1) is 24.0. The smallest absolute Gasteiger partial charge is 0.416 e. The molecular formula is C20H35NO8. The van der Waals surface area contributed by atoms with Crippen LogP contribution in [0, 0.1) is 5.92 Å². The van der Waals surface area contributed by atoms with Crippen molar-refractivity contribution in [3.05, 3.63) is 0 Å². The van der Waals surface area contributed by atoms with Gasteiger partial charge in [0.15, 0.2) is 0 Å². The second-order valence-corrected chi connectivity index (χ2v) is 7.81. The molecule has 0 aromatic carbocycles. The number of carbonyl (C=O) groups excluding carboxylic acids is 2. The number of hydrogen-bond acceptors (Lipinski definition) is 8. The van der Waals surface area contributed by atoms with Crippen LogP contribution in [0.15, 0.2) is 0 Å². The van der Waals surface area contributed by atoms with Gasteiger partial charge in [-0.2, -0.15) is 0 Å². The zero-order valence-corrected chi connectivity index (χ0v) is 18.3. The van der Waals surface area contributed by atoms with Crippen LogP contribution in [-0.2, 0) is 33.2 Å². The van der Waals surface area contributed by atoms with Crippen molar-refractivity contribution in [2.45, 2.75) is 69.7 Å². The Balaban J connectivity index is 1.98. The highest BCUT2D eigenvalue weighted by molar-refractivity contribution is 5.93. The lowest BCUT2D eigenvalue weighted by Gasteiger charge is -2.45. The van der Waals surface area contributed by atoms with E-state index in [0.29, 0.717) is 19.4 Å². The zero-order chi connectivity index (χ0) is 21.6. The maximum atomic E-state index is 12.6. The second-order valence-electron chi connectivity index (χ2n) is 7.81. The number of hydrogen-bond donors (Lipinski definition) is 0. The minimum atomic E-state index is -0.556. The topological polar surface area (TPSA) is 92.8 Å². The van der Waals surface area contributed by atoms with Gasteiger partial charge in [0, 0.05) is 34.9 Å². The van der Waals surface area contributed by atoms with E-state index in [4.69, 9.17) is 28.4 Å². The molecule has 2 aliphatic heterocycles. The number of rotatable bonds is 10. The Morgan fingerprint density at radius 1 is 1.07 bits per heavy atom. The van der Waals surface area contributed by atoms with Crippen molar-refractivity contribution in [2.75, 3.05) is 41.7 Å². The zero-order valence-electron chi connectivity index (χ0n) is 18.3. The van der Waals surface area contributed by atoms with Crippen molar-refractivity contribution < 1.29 is 38.0 Å². The van der Waals surface area contributed by atoms with E-state index in [0.717, 1.165) is 0 Å². The first-order valence-electron chi connectivity index (χ1n) is 10.1. The Morgan fingerprint density at radius 2 is 1.69 bits per heavy atom. The summed E-state index contributed by atoms with van der Waals surface area (Å²) >= 11 is 0. The van der Waals surface area contributed by atoms with Crippen molar-refractivity contribution in [1.82, 2.24) is 4.90 Å². The van der Waals surface area contributed by atoms with Gasteiger partial charge in [-0.25, -0.2) is 9.69 Å². The van der Waals surface area contributed by atoms with Gasteiger partial charge in [0.25, 0.3) is 0 Å². The van der Waals surface area contributed by atoms with Crippen LogP contribution in [0.5, 0.6) is 0 Å². The molecule has 6 atom stereocenters. The molecule has 0 aromatic heterocycles. The summed E-state index contributed by atoms with van der Waals surface area (Å²) in [5, 5.41) is 0. The minimum Gasteiger partial charge on any atom is -0.447 e. The van der Waals surface area contributed by atoms with E-state index in [9.17, 15) is 9.59 Å². The van der Waals surface area contributed by atoms with E-state index >= 15 is 0 Å². The average molecular weight is 417 g/mol. The summed E-state index contributed by atoms with van der Waals surface area (Å²) in [5.41, 5.74) is 0. The van der Waals surface area contributed by atoms with Crippen molar-refractivity contribution >= 4 is 12.0 Å².